The molecule has 4 rings (SSSR count). The maximum absolute atomic E-state index is 12.1. The highest BCUT2D eigenvalue weighted by Gasteiger charge is 2.58. The summed E-state index contributed by atoms with van der Waals surface area (Å²) in [7, 11) is 0. The summed E-state index contributed by atoms with van der Waals surface area (Å²) in [6.07, 6.45) is 11.9. The quantitative estimate of drug-likeness (QED) is 0.596. The van der Waals surface area contributed by atoms with Crippen LogP contribution in [-0.2, 0) is 9.59 Å². The van der Waals surface area contributed by atoms with E-state index < -0.39 is 0 Å². The summed E-state index contributed by atoms with van der Waals surface area (Å²) >= 11 is 0. The Bertz CT molecular complexity index is 473. The van der Waals surface area contributed by atoms with E-state index in [4.69, 9.17) is 0 Å². The highest BCUT2D eigenvalue weighted by molar-refractivity contribution is 5.95. The molecule has 1 spiro atoms. The molecule has 0 saturated heterocycles. The first-order chi connectivity index (χ1) is 8.20. The molecule has 0 aromatic carbocycles. The first-order valence-corrected chi connectivity index (χ1v) is 6.63. The first kappa shape index (κ1) is 9.81. The maximum Gasteiger partial charge on any atom is 0.159 e. The molecule has 88 valence electrons. The fourth-order valence-corrected chi connectivity index (χ4v) is 4.81. The SMILES string of the molecule is O=C1CC[C@]2(C=CC(=O)[C@H]3[C@@H]2[C@H]2C=C[C@@H]3C2)C1. The fourth-order valence-electron chi connectivity index (χ4n) is 4.81. The van der Waals surface area contributed by atoms with Crippen LogP contribution in [-0.4, -0.2) is 11.6 Å². The van der Waals surface area contributed by atoms with Gasteiger partial charge in [-0.15, -0.1) is 0 Å². The minimum absolute atomic E-state index is 0.0276. The number of allylic oxidation sites excluding steroid dienone is 4. The first-order valence-electron chi connectivity index (χ1n) is 6.63. The number of hydrogen-bond acceptors (Lipinski definition) is 2. The van der Waals surface area contributed by atoms with Gasteiger partial charge in [0.1, 0.15) is 5.78 Å². The normalized spacial score (nSPS) is 50.6. The second kappa shape index (κ2) is 2.98. The van der Waals surface area contributed by atoms with Crippen molar-refractivity contribution in [3.05, 3.63) is 24.3 Å². The summed E-state index contributed by atoms with van der Waals surface area (Å²) < 4.78 is 0. The van der Waals surface area contributed by atoms with Crippen molar-refractivity contribution in [1.29, 1.82) is 0 Å². The van der Waals surface area contributed by atoms with Crippen LogP contribution in [0.25, 0.3) is 0 Å². The van der Waals surface area contributed by atoms with Crippen LogP contribution in [0.3, 0.4) is 0 Å². The molecule has 4 aliphatic rings. The predicted octanol–water partition coefficient (Wildman–Crippen LogP) is 2.30. The molecule has 0 N–H and O–H groups in total. The number of hydrogen-bond donors (Lipinski definition) is 0. The zero-order chi connectivity index (χ0) is 11.6. The average molecular weight is 228 g/mol. The number of fused-ring (bicyclic) bond motifs is 6. The zero-order valence-electron chi connectivity index (χ0n) is 9.76. The van der Waals surface area contributed by atoms with Crippen molar-refractivity contribution in [3.63, 3.8) is 0 Å². The van der Waals surface area contributed by atoms with Gasteiger partial charge in [-0.3, -0.25) is 9.59 Å². The Balaban J connectivity index is 1.82. The van der Waals surface area contributed by atoms with Gasteiger partial charge in [0.25, 0.3) is 0 Å². The van der Waals surface area contributed by atoms with Gasteiger partial charge < -0.3 is 0 Å². The van der Waals surface area contributed by atoms with E-state index in [9.17, 15) is 9.59 Å². The van der Waals surface area contributed by atoms with E-state index in [1.165, 1.54) is 0 Å². The Morgan fingerprint density at radius 2 is 2.00 bits per heavy atom. The molecule has 0 aliphatic heterocycles. The molecule has 2 heteroatoms. The highest BCUT2D eigenvalue weighted by atomic mass is 16.1. The van der Waals surface area contributed by atoms with Crippen LogP contribution in [0, 0.1) is 29.1 Å². The van der Waals surface area contributed by atoms with Crippen LogP contribution >= 0.6 is 0 Å². The Kier molecular flexibility index (Phi) is 1.72. The van der Waals surface area contributed by atoms with Crippen LogP contribution in [0.5, 0.6) is 0 Å². The average Bonchev–Trinajstić information content (AvgIpc) is 2.99. The molecule has 0 radical (unpaired) electrons. The summed E-state index contributed by atoms with van der Waals surface area (Å²) in [4.78, 5) is 23.7. The Hall–Kier alpha value is -1.18. The van der Waals surface area contributed by atoms with Gasteiger partial charge in [-0.1, -0.05) is 18.2 Å². The highest BCUT2D eigenvalue weighted by Crippen LogP contribution is 2.61. The molecular weight excluding hydrogens is 212 g/mol. The molecule has 2 fully saturated rings. The lowest BCUT2D eigenvalue weighted by Crippen LogP contribution is -2.41. The topological polar surface area (TPSA) is 34.1 Å². The number of carbonyl (C=O) groups is 2. The maximum atomic E-state index is 12.1. The molecule has 0 aromatic rings. The standard InChI is InChI=1S/C15H16O2/c16-11-3-5-15(8-11)6-4-12(17)13-9-1-2-10(7-9)14(13)15/h1-2,4,6,9-10,13-14H,3,5,7-8H2/t9-,10+,13+,14+,15+/m1/s1. The smallest absolute Gasteiger partial charge is 0.159 e. The Labute approximate surface area is 101 Å². The van der Waals surface area contributed by atoms with Crippen LogP contribution < -0.4 is 0 Å². The zero-order valence-corrected chi connectivity index (χ0v) is 9.76. The number of ketones is 2. The van der Waals surface area contributed by atoms with Crippen molar-refractivity contribution >= 4 is 11.6 Å². The minimum atomic E-state index is 0.0276. The molecule has 2 saturated carbocycles. The third kappa shape index (κ3) is 1.11. The lowest BCUT2D eigenvalue weighted by atomic mass is 9.60. The van der Waals surface area contributed by atoms with Gasteiger partial charge in [-0.25, -0.2) is 0 Å². The van der Waals surface area contributed by atoms with Crippen molar-refractivity contribution in [2.75, 3.05) is 0 Å². The molecule has 2 nitrogen and oxygen atoms in total. The van der Waals surface area contributed by atoms with Crippen molar-refractivity contribution in [2.45, 2.75) is 25.7 Å². The van der Waals surface area contributed by atoms with Gasteiger partial charge in [0.15, 0.2) is 5.78 Å². The summed E-state index contributed by atoms with van der Waals surface area (Å²) in [6, 6.07) is 0. The number of rotatable bonds is 0. The van der Waals surface area contributed by atoms with Crippen molar-refractivity contribution in [2.24, 2.45) is 29.1 Å². The van der Waals surface area contributed by atoms with Gasteiger partial charge in [0, 0.05) is 24.2 Å². The third-order valence-electron chi connectivity index (χ3n) is 5.43. The summed E-state index contributed by atoms with van der Waals surface area (Å²) in [5.74, 6) is 2.29. The molecule has 0 amide bonds. The molecule has 0 unspecified atom stereocenters. The fraction of sp³-hybridized carbons (Fsp3) is 0.600. The monoisotopic (exact) mass is 228 g/mol. The van der Waals surface area contributed by atoms with E-state index >= 15 is 0 Å². The Morgan fingerprint density at radius 3 is 2.76 bits per heavy atom. The van der Waals surface area contributed by atoms with Gasteiger partial charge in [-0.2, -0.15) is 0 Å². The third-order valence-corrected chi connectivity index (χ3v) is 5.43. The van der Waals surface area contributed by atoms with Crippen LogP contribution in [0.15, 0.2) is 24.3 Å². The molecular formula is C15H16O2. The van der Waals surface area contributed by atoms with Gasteiger partial charge in [0.2, 0.25) is 0 Å². The summed E-state index contributed by atoms with van der Waals surface area (Å²) in [5.41, 5.74) is 0.0276. The van der Waals surface area contributed by atoms with Crippen LogP contribution in [0.4, 0.5) is 0 Å². The molecule has 0 aromatic heterocycles. The second-order valence-corrected chi connectivity index (χ2v) is 6.18. The van der Waals surface area contributed by atoms with E-state index in [1.54, 1.807) is 6.08 Å². The van der Waals surface area contributed by atoms with Gasteiger partial charge >= 0.3 is 0 Å². The van der Waals surface area contributed by atoms with E-state index in [1.807, 2.05) is 0 Å². The van der Waals surface area contributed by atoms with Gasteiger partial charge in [-0.05, 0) is 36.7 Å². The lowest BCUT2D eigenvalue weighted by Gasteiger charge is -2.42. The van der Waals surface area contributed by atoms with Crippen LogP contribution in [0.2, 0.25) is 0 Å². The molecule has 5 atom stereocenters. The molecule has 2 bridgehead atoms. The molecule has 17 heavy (non-hydrogen) atoms. The second-order valence-electron chi connectivity index (χ2n) is 6.18. The molecule has 4 aliphatic carbocycles. The lowest BCUT2D eigenvalue weighted by molar-refractivity contribution is -0.124. The number of Topliss-reactive ketones (excluding diaryl/α,β-unsaturated/α-hetero) is 1. The van der Waals surface area contributed by atoms with E-state index in [2.05, 4.69) is 18.2 Å². The Morgan fingerprint density at radius 1 is 1.18 bits per heavy atom. The van der Waals surface area contributed by atoms with Crippen LogP contribution in [0.1, 0.15) is 25.7 Å². The largest absolute Gasteiger partial charge is 0.300 e. The van der Waals surface area contributed by atoms with E-state index in [0.717, 1.165) is 12.8 Å². The van der Waals surface area contributed by atoms with Crippen molar-refractivity contribution in [1.82, 2.24) is 0 Å². The molecule has 0 heterocycles. The van der Waals surface area contributed by atoms with E-state index in [0.29, 0.717) is 42.2 Å². The minimum Gasteiger partial charge on any atom is -0.300 e. The van der Waals surface area contributed by atoms with Crippen molar-refractivity contribution < 1.29 is 9.59 Å². The van der Waals surface area contributed by atoms with Crippen molar-refractivity contribution in [3.8, 4) is 0 Å². The van der Waals surface area contributed by atoms with E-state index in [-0.39, 0.29) is 11.3 Å². The summed E-state index contributed by atoms with van der Waals surface area (Å²) in [6.45, 7) is 0. The predicted molar refractivity (Wildman–Crippen MR) is 63.2 cm³/mol. The number of carbonyl (C=O) groups excluding carboxylic acids is 2. The summed E-state index contributed by atoms with van der Waals surface area (Å²) in [5, 5.41) is 0. The van der Waals surface area contributed by atoms with Gasteiger partial charge in [0.05, 0.1) is 0 Å².